The third-order valence-corrected chi connectivity index (χ3v) is 4.46. The maximum Gasteiger partial charge on any atom is 0.408 e. The largest absolute Gasteiger partial charge is 0.445 e. The summed E-state index contributed by atoms with van der Waals surface area (Å²) in [5.41, 5.74) is 0.905. The Labute approximate surface area is 143 Å². The molecule has 1 aliphatic rings. The summed E-state index contributed by atoms with van der Waals surface area (Å²) in [6.07, 6.45) is 4.60. The molecule has 0 aromatic heterocycles. The summed E-state index contributed by atoms with van der Waals surface area (Å²) in [6.45, 7) is 0.179. The molecule has 2 amide bonds. The third kappa shape index (κ3) is 5.23. The molecule has 1 fully saturated rings. The van der Waals surface area contributed by atoms with Crippen LogP contribution in [0.2, 0.25) is 0 Å². The van der Waals surface area contributed by atoms with Gasteiger partial charge in [0.15, 0.2) is 0 Å². The first-order chi connectivity index (χ1) is 11.6. The van der Waals surface area contributed by atoms with Crippen LogP contribution in [0, 0.1) is 5.92 Å². The van der Waals surface area contributed by atoms with Gasteiger partial charge < -0.3 is 10.1 Å². The number of hydrogen-bond donors (Lipinski definition) is 1. The van der Waals surface area contributed by atoms with Gasteiger partial charge in [-0.2, -0.15) is 0 Å². The predicted octanol–water partition coefficient (Wildman–Crippen LogP) is 2.88. The molecule has 1 aromatic rings. The van der Waals surface area contributed by atoms with Crippen LogP contribution in [-0.4, -0.2) is 37.3 Å². The van der Waals surface area contributed by atoms with E-state index >= 15 is 0 Å². The summed E-state index contributed by atoms with van der Waals surface area (Å²) in [5.74, 6) is -0.130. The van der Waals surface area contributed by atoms with E-state index in [1.807, 2.05) is 30.3 Å². The van der Waals surface area contributed by atoms with Gasteiger partial charge in [-0.3, -0.25) is 9.63 Å². The maximum absolute atomic E-state index is 12.5. The first kappa shape index (κ1) is 18.3. The minimum atomic E-state index is -0.612. The second-order valence-corrected chi connectivity index (χ2v) is 6.10. The molecule has 0 aliphatic heterocycles. The van der Waals surface area contributed by atoms with Crippen LogP contribution < -0.4 is 5.32 Å². The van der Waals surface area contributed by atoms with Crippen molar-refractivity contribution in [3.8, 4) is 0 Å². The number of nitrogens with zero attached hydrogens (tertiary/aromatic N) is 1. The molecule has 0 saturated heterocycles. The first-order valence-electron chi connectivity index (χ1n) is 8.40. The zero-order chi connectivity index (χ0) is 17.4. The fourth-order valence-electron chi connectivity index (χ4n) is 3.03. The van der Waals surface area contributed by atoms with Crippen LogP contribution in [0.4, 0.5) is 4.79 Å². The van der Waals surface area contributed by atoms with Gasteiger partial charge in [0.2, 0.25) is 0 Å². The predicted molar refractivity (Wildman–Crippen MR) is 89.9 cm³/mol. The molecule has 1 aliphatic carbocycles. The molecule has 132 valence electrons. The van der Waals surface area contributed by atoms with Crippen LogP contribution in [0.5, 0.6) is 0 Å². The Balaban J connectivity index is 1.95. The molecule has 1 N–H and O–H groups in total. The van der Waals surface area contributed by atoms with Crippen LogP contribution in [0.15, 0.2) is 30.3 Å². The van der Waals surface area contributed by atoms with Crippen LogP contribution in [0.25, 0.3) is 0 Å². The second kappa shape index (κ2) is 9.27. The molecule has 1 saturated carbocycles. The molecule has 6 nitrogen and oxygen atoms in total. The number of benzene rings is 1. The lowest BCUT2D eigenvalue weighted by molar-refractivity contribution is -0.172. The van der Waals surface area contributed by atoms with Crippen molar-refractivity contribution >= 4 is 12.0 Å². The Morgan fingerprint density at radius 1 is 1.21 bits per heavy atom. The van der Waals surface area contributed by atoms with E-state index in [9.17, 15) is 9.59 Å². The zero-order valence-corrected chi connectivity index (χ0v) is 14.4. The van der Waals surface area contributed by atoms with Crippen molar-refractivity contribution in [1.82, 2.24) is 10.4 Å². The highest BCUT2D eigenvalue weighted by Gasteiger charge is 2.33. The summed E-state index contributed by atoms with van der Waals surface area (Å²) < 4.78 is 5.25. The first-order valence-corrected chi connectivity index (χ1v) is 8.40. The topological polar surface area (TPSA) is 67.9 Å². The quantitative estimate of drug-likeness (QED) is 0.812. The lowest BCUT2D eigenvalue weighted by Gasteiger charge is -2.31. The van der Waals surface area contributed by atoms with E-state index in [2.05, 4.69) is 5.32 Å². The molecule has 1 aromatic carbocycles. The number of carbonyl (C=O) groups excluding carboxylic acids is 2. The molecule has 2 rings (SSSR count). The van der Waals surface area contributed by atoms with Crippen molar-refractivity contribution in [1.29, 1.82) is 0 Å². The van der Waals surface area contributed by atoms with E-state index in [1.165, 1.54) is 13.5 Å². The van der Waals surface area contributed by atoms with Crippen molar-refractivity contribution in [3.05, 3.63) is 35.9 Å². The van der Waals surface area contributed by atoms with Gasteiger partial charge in [-0.15, -0.1) is 0 Å². The molecular weight excluding hydrogens is 308 g/mol. The fraction of sp³-hybridized carbons (Fsp3) is 0.556. The van der Waals surface area contributed by atoms with Gasteiger partial charge in [0.25, 0.3) is 5.91 Å². The fourth-order valence-corrected chi connectivity index (χ4v) is 3.03. The van der Waals surface area contributed by atoms with Gasteiger partial charge >= 0.3 is 6.09 Å². The van der Waals surface area contributed by atoms with Gasteiger partial charge in [0.1, 0.15) is 12.6 Å². The Morgan fingerprint density at radius 2 is 1.88 bits per heavy atom. The Bertz CT molecular complexity index is 529. The number of rotatable bonds is 6. The van der Waals surface area contributed by atoms with Crippen molar-refractivity contribution in [2.45, 2.75) is 44.8 Å². The third-order valence-electron chi connectivity index (χ3n) is 4.46. The monoisotopic (exact) mass is 334 g/mol. The van der Waals surface area contributed by atoms with Gasteiger partial charge in [0.05, 0.1) is 7.11 Å². The highest BCUT2D eigenvalue weighted by atomic mass is 16.7. The molecule has 0 radical (unpaired) electrons. The summed E-state index contributed by atoms with van der Waals surface area (Å²) in [6, 6.07) is 8.84. The Hall–Kier alpha value is -2.08. The van der Waals surface area contributed by atoms with E-state index in [-0.39, 0.29) is 18.4 Å². The smallest absolute Gasteiger partial charge is 0.408 e. The summed E-state index contributed by atoms with van der Waals surface area (Å²) in [5, 5.41) is 3.90. The van der Waals surface area contributed by atoms with Gasteiger partial charge in [0, 0.05) is 7.05 Å². The van der Waals surface area contributed by atoms with Gasteiger partial charge in [-0.05, 0) is 24.3 Å². The highest BCUT2D eigenvalue weighted by molar-refractivity contribution is 5.85. The molecule has 1 unspecified atom stereocenters. The summed E-state index contributed by atoms with van der Waals surface area (Å²) >= 11 is 0. The molecular formula is C18H26N2O4. The number of nitrogens with one attached hydrogen (secondary N) is 1. The number of hydrogen-bond acceptors (Lipinski definition) is 4. The van der Waals surface area contributed by atoms with Crippen LogP contribution in [-0.2, 0) is 21.0 Å². The average Bonchev–Trinajstić information content (AvgIpc) is 2.64. The second-order valence-electron chi connectivity index (χ2n) is 6.10. The minimum absolute atomic E-state index is 0.119. The zero-order valence-electron chi connectivity index (χ0n) is 14.4. The summed E-state index contributed by atoms with van der Waals surface area (Å²) in [4.78, 5) is 29.6. The number of likely N-dealkylation sites (N-methyl/N-ethyl adjacent to an activating group) is 1. The molecule has 1 atom stereocenters. The van der Waals surface area contributed by atoms with E-state index in [0.717, 1.165) is 36.3 Å². The Morgan fingerprint density at radius 3 is 2.50 bits per heavy atom. The number of amides is 2. The number of hydroxylamine groups is 2. The van der Waals surface area contributed by atoms with Crippen LogP contribution in [0.1, 0.15) is 37.7 Å². The summed E-state index contributed by atoms with van der Waals surface area (Å²) in [7, 11) is 2.98. The number of carbonyl (C=O) groups is 2. The van der Waals surface area contributed by atoms with E-state index in [1.54, 1.807) is 7.05 Å². The molecule has 0 spiro atoms. The van der Waals surface area contributed by atoms with Crippen LogP contribution in [0.3, 0.4) is 0 Å². The van der Waals surface area contributed by atoms with Crippen molar-refractivity contribution < 1.29 is 19.2 Å². The number of ether oxygens (including phenoxy) is 1. The SMILES string of the molecule is CON(C)C(=O)C(NC(=O)OCc1ccccc1)C1CCCCC1. The number of alkyl carbamates (subject to hydrolysis) is 1. The highest BCUT2D eigenvalue weighted by Crippen LogP contribution is 2.27. The van der Waals surface area contributed by atoms with Gasteiger partial charge in [-0.25, -0.2) is 9.86 Å². The van der Waals surface area contributed by atoms with Gasteiger partial charge in [-0.1, -0.05) is 49.6 Å². The van der Waals surface area contributed by atoms with Crippen molar-refractivity contribution in [3.63, 3.8) is 0 Å². The normalized spacial score (nSPS) is 16.2. The average molecular weight is 334 g/mol. The Kier molecular flexibility index (Phi) is 7.06. The van der Waals surface area contributed by atoms with E-state index < -0.39 is 12.1 Å². The van der Waals surface area contributed by atoms with Crippen LogP contribution >= 0.6 is 0 Å². The maximum atomic E-state index is 12.5. The van der Waals surface area contributed by atoms with E-state index in [4.69, 9.17) is 9.57 Å². The van der Waals surface area contributed by atoms with Crippen molar-refractivity contribution in [2.24, 2.45) is 5.92 Å². The molecule has 6 heteroatoms. The molecule has 0 bridgehead atoms. The molecule has 24 heavy (non-hydrogen) atoms. The lowest BCUT2D eigenvalue weighted by atomic mass is 9.83. The van der Waals surface area contributed by atoms with Crippen molar-refractivity contribution in [2.75, 3.05) is 14.2 Å². The minimum Gasteiger partial charge on any atom is -0.445 e. The van der Waals surface area contributed by atoms with E-state index in [0.29, 0.717) is 0 Å². The molecule has 0 heterocycles. The standard InChI is InChI=1S/C18H26N2O4/c1-20(23-2)17(21)16(15-11-7-4-8-12-15)19-18(22)24-13-14-9-5-3-6-10-14/h3,5-6,9-10,15-16H,4,7-8,11-13H2,1-2H3,(H,19,22). The lowest BCUT2D eigenvalue weighted by Crippen LogP contribution is -2.51.